The minimum Gasteiger partial charge on any atom is -0.354 e. The number of amides is 2. The molecule has 0 heterocycles. The van der Waals surface area contributed by atoms with E-state index in [-0.39, 0.29) is 18.4 Å². The topological polar surface area (TPSA) is 86.8 Å². The van der Waals surface area contributed by atoms with Gasteiger partial charge in [-0.25, -0.2) is 8.42 Å². The van der Waals surface area contributed by atoms with Crippen LogP contribution < -0.4 is 9.62 Å². The van der Waals surface area contributed by atoms with E-state index in [9.17, 15) is 18.0 Å². The number of carbonyl (C=O) groups excluding carboxylic acids is 2. The molecule has 0 fully saturated rings. The Bertz CT molecular complexity index is 1100. The average molecular weight is 567 g/mol. The van der Waals surface area contributed by atoms with Gasteiger partial charge in [0.1, 0.15) is 12.6 Å². The lowest BCUT2D eigenvalue weighted by Crippen LogP contribution is -2.51. The van der Waals surface area contributed by atoms with Gasteiger partial charge in [0.15, 0.2) is 0 Å². The van der Waals surface area contributed by atoms with Crippen LogP contribution in [0.1, 0.15) is 51.7 Å². The van der Waals surface area contributed by atoms with Crippen LogP contribution >= 0.6 is 15.9 Å². The SMILES string of the molecule is CC(C)CNC(=O)[C@@H](C)N(Cc1ccc(Br)cc1)C(=O)CN(c1ccc(C(C)C)cc1)S(C)(=O)=O. The highest BCUT2D eigenvalue weighted by molar-refractivity contribution is 9.10. The van der Waals surface area contributed by atoms with E-state index in [0.717, 1.165) is 26.2 Å². The fourth-order valence-corrected chi connectivity index (χ4v) is 4.57. The van der Waals surface area contributed by atoms with Gasteiger partial charge in [-0.05, 0) is 54.2 Å². The number of rotatable bonds is 11. The van der Waals surface area contributed by atoms with E-state index in [0.29, 0.717) is 18.2 Å². The molecule has 1 atom stereocenters. The standard InChI is InChI=1S/C26H36BrN3O4S/c1-18(2)15-28-26(32)20(5)29(16-21-7-11-23(27)12-8-21)25(31)17-30(35(6,33)34)24-13-9-22(10-14-24)19(3)4/h7-14,18-20H,15-17H2,1-6H3,(H,28,32)/t20-/m1/s1. The lowest BCUT2D eigenvalue weighted by atomic mass is 10.0. The molecular weight excluding hydrogens is 530 g/mol. The maximum absolute atomic E-state index is 13.5. The second-order valence-electron chi connectivity index (χ2n) is 9.48. The summed E-state index contributed by atoms with van der Waals surface area (Å²) in [5.74, 6) is -0.185. The molecular formula is C26H36BrN3O4S. The minimum atomic E-state index is -3.75. The second-order valence-corrected chi connectivity index (χ2v) is 12.3. The van der Waals surface area contributed by atoms with Crippen molar-refractivity contribution >= 4 is 43.5 Å². The smallest absolute Gasteiger partial charge is 0.244 e. The van der Waals surface area contributed by atoms with Crippen LogP contribution in [0.15, 0.2) is 53.0 Å². The maximum atomic E-state index is 13.5. The molecule has 192 valence electrons. The molecule has 0 spiro atoms. The van der Waals surface area contributed by atoms with Crippen molar-refractivity contribution < 1.29 is 18.0 Å². The monoisotopic (exact) mass is 565 g/mol. The Balaban J connectivity index is 2.35. The number of benzene rings is 2. The molecule has 1 N–H and O–H groups in total. The third kappa shape index (κ3) is 8.65. The molecule has 0 aromatic heterocycles. The summed E-state index contributed by atoms with van der Waals surface area (Å²) >= 11 is 3.40. The fourth-order valence-electron chi connectivity index (χ4n) is 3.46. The fraction of sp³-hybridized carbons (Fsp3) is 0.462. The molecule has 0 unspecified atom stereocenters. The van der Waals surface area contributed by atoms with Crippen molar-refractivity contribution in [3.05, 3.63) is 64.1 Å². The first-order chi connectivity index (χ1) is 16.3. The van der Waals surface area contributed by atoms with Crippen LogP contribution in [0, 0.1) is 5.92 Å². The zero-order chi connectivity index (χ0) is 26.3. The molecule has 2 aromatic rings. The quantitative estimate of drug-likeness (QED) is 0.433. The molecule has 0 radical (unpaired) electrons. The summed E-state index contributed by atoms with van der Waals surface area (Å²) in [6.45, 7) is 10.0. The Kier molecular flexibility index (Phi) is 10.3. The van der Waals surface area contributed by atoms with Crippen molar-refractivity contribution in [2.75, 3.05) is 23.7 Å². The number of carbonyl (C=O) groups is 2. The zero-order valence-corrected chi connectivity index (χ0v) is 23.7. The molecule has 0 aliphatic carbocycles. The van der Waals surface area contributed by atoms with E-state index < -0.39 is 28.5 Å². The number of nitrogens with zero attached hydrogens (tertiary/aromatic N) is 2. The zero-order valence-electron chi connectivity index (χ0n) is 21.3. The summed E-state index contributed by atoms with van der Waals surface area (Å²) < 4.78 is 27.3. The summed E-state index contributed by atoms with van der Waals surface area (Å²) in [6.07, 6.45) is 1.08. The van der Waals surface area contributed by atoms with Gasteiger partial charge in [-0.2, -0.15) is 0 Å². The second kappa shape index (κ2) is 12.5. The molecule has 2 rings (SSSR count). The number of anilines is 1. The summed E-state index contributed by atoms with van der Waals surface area (Å²) in [4.78, 5) is 27.8. The third-order valence-corrected chi connectivity index (χ3v) is 7.31. The van der Waals surface area contributed by atoms with Gasteiger partial charge in [-0.3, -0.25) is 13.9 Å². The van der Waals surface area contributed by atoms with E-state index in [4.69, 9.17) is 0 Å². The summed E-state index contributed by atoms with van der Waals surface area (Å²) in [5, 5.41) is 2.87. The van der Waals surface area contributed by atoms with Gasteiger partial charge in [0, 0.05) is 17.6 Å². The molecule has 7 nitrogen and oxygen atoms in total. The molecule has 0 aliphatic heterocycles. The Morgan fingerprint density at radius 1 is 0.943 bits per heavy atom. The van der Waals surface area contributed by atoms with Crippen LogP contribution in [0.2, 0.25) is 0 Å². The number of sulfonamides is 1. The normalized spacial score (nSPS) is 12.5. The lowest BCUT2D eigenvalue weighted by Gasteiger charge is -2.31. The first-order valence-electron chi connectivity index (χ1n) is 11.7. The largest absolute Gasteiger partial charge is 0.354 e. The van der Waals surface area contributed by atoms with E-state index in [2.05, 4.69) is 35.1 Å². The number of nitrogens with one attached hydrogen (secondary N) is 1. The van der Waals surface area contributed by atoms with Gasteiger partial charge in [0.25, 0.3) is 0 Å². The maximum Gasteiger partial charge on any atom is 0.244 e. The summed E-state index contributed by atoms with van der Waals surface area (Å²) in [5.41, 5.74) is 2.31. The molecule has 35 heavy (non-hydrogen) atoms. The predicted molar refractivity (Wildman–Crippen MR) is 145 cm³/mol. The Morgan fingerprint density at radius 2 is 1.51 bits per heavy atom. The highest BCUT2D eigenvalue weighted by atomic mass is 79.9. The first kappa shape index (κ1) is 28.8. The van der Waals surface area contributed by atoms with Gasteiger partial charge in [0.05, 0.1) is 11.9 Å². The number of halogens is 1. The van der Waals surface area contributed by atoms with Gasteiger partial charge in [-0.1, -0.05) is 67.9 Å². The van der Waals surface area contributed by atoms with Crippen molar-refractivity contribution in [3.63, 3.8) is 0 Å². The van der Waals surface area contributed by atoms with Gasteiger partial charge in [0.2, 0.25) is 21.8 Å². The molecule has 0 saturated heterocycles. The van der Waals surface area contributed by atoms with Crippen molar-refractivity contribution in [2.24, 2.45) is 5.92 Å². The minimum absolute atomic E-state index is 0.173. The Morgan fingerprint density at radius 3 is 2.00 bits per heavy atom. The van der Waals surface area contributed by atoms with Crippen molar-refractivity contribution in [1.82, 2.24) is 10.2 Å². The molecule has 9 heteroatoms. The lowest BCUT2D eigenvalue weighted by molar-refractivity contribution is -0.139. The van der Waals surface area contributed by atoms with E-state index >= 15 is 0 Å². The first-order valence-corrected chi connectivity index (χ1v) is 14.3. The Hall–Kier alpha value is -2.39. The van der Waals surface area contributed by atoms with Crippen molar-refractivity contribution in [3.8, 4) is 0 Å². The molecule has 0 bridgehead atoms. The highest BCUT2D eigenvalue weighted by Gasteiger charge is 2.30. The molecule has 0 aliphatic rings. The van der Waals surface area contributed by atoms with Crippen LogP contribution in [0.3, 0.4) is 0 Å². The molecule has 0 saturated carbocycles. The van der Waals surface area contributed by atoms with Gasteiger partial charge in [-0.15, -0.1) is 0 Å². The van der Waals surface area contributed by atoms with Crippen LogP contribution in [0.25, 0.3) is 0 Å². The molecule has 2 amide bonds. The number of hydrogen-bond donors (Lipinski definition) is 1. The van der Waals surface area contributed by atoms with E-state index in [1.807, 2.05) is 50.2 Å². The van der Waals surface area contributed by atoms with Gasteiger partial charge < -0.3 is 10.2 Å². The van der Waals surface area contributed by atoms with Crippen molar-refractivity contribution in [1.29, 1.82) is 0 Å². The number of hydrogen-bond acceptors (Lipinski definition) is 4. The van der Waals surface area contributed by atoms with Crippen LogP contribution in [-0.2, 0) is 26.2 Å². The van der Waals surface area contributed by atoms with Crippen LogP contribution in [-0.4, -0.2) is 50.5 Å². The van der Waals surface area contributed by atoms with E-state index in [1.165, 1.54) is 4.90 Å². The molecule has 2 aromatic carbocycles. The highest BCUT2D eigenvalue weighted by Crippen LogP contribution is 2.23. The summed E-state index contributed by atoms with van der Waals surface area (Å²) in [7, 11) is -3.75. The third-order valence-electron chi connectivity index (χ3n) is 5.64. The average Bonchev–Trinajstić information content (AvgIpc) is 2.79. The Labute approximate surface area is 218 Å². The van der Waals surface area contributed by atoms with Crippen molar-refractivity contribution in [2.45, 2.75) is 53.1 Å². The van der Waals surface area contributed by atoms with Crippen LogP contribution in [0.5, 0.6) is 0 Å². The van der Waals surface area contributed by atoms with Gasteiger partial charge >= 0.3 is 0 Å². The predicted octanol–water partition coefficient (Wildman–Crippen LogP) is 4.53. The van der Waals surface area contributed by atoms with E-state index in [1.54, 1.807) is 19.1 Å². The summed E-state index contributed by atoms with van der Waals surface area (Å²) in [6, 6.07) is 13.8. The van der Waals surface area contributed by atoms with Crippen LogP contribution in [0.4, 0.5) is 5.69 Å².